The number of rotatable bonds is 16. The number of halogens is 5. The van der Waals surface area contributed by atoms with Crippen LogP contribution < -0.4 is 55.1 Å². The Morgan fingerprint density at radius 1 is 0.628 bits per heavy atom. The Kier molecular flexibility index (Phi) is 24.5. The van der Waals surface area contributed by atoms with Crippen LogP contribution in [-0.2, 0) is 81.8 Å². The van der Waals surface area contributed by atoms with Gasteiger partial charge in [-0.1, -0.05) is 67.8 Å². The Hall–Kier alpha value is -7.69. The number of anilines is 6. The first-order valence-corrected chi connectivity index (χ1v) is 33.3. The van der Waals surface area contributed by atoms with Crippen molar-refractivity contribution >= 4 is 156 Å². The van der Waals surface area contributed by atoms with Crippen molar-refractivity contribution in [2.45, 2.75) is 95.5 Å². The van der Waals surface area contributed by atoms with E-state index in [9.17, 15) is 51.9 Å². The fraction of sp³-hybridized carbons (Fsp3) is 0.433. The molecule has 3 unspecified atom stereocenters. The molecule has 29 nitrogen and oxygen atoms in total. The highest BCUT2D eigenvalue weighted by Crippen LogP contribution is 2.35. The van der Waals surface area contributed by atoms with Gasteiger partial charge in [0.05, 0.1) is 91.9 Å². The van der Waals surface area contributed by atoms with E-state index in [2.05, 4.69) is 103 Å². The number of amides is 6. The minimum Gasteiger partial charge on any atom is -0.484 e. The van der Waals surface area contributed by atoms with Gasteiger partial charge in [-0.3, -0.25) is 48.6 Å². The zero-order valence-corrected chi connectivity index (χ0v) is 57.1. The molecule has 0 aromatic carbocycles. The van der Waals surface area contributed by atoms with Crippen LogP contribution >= 0.6 is 67.8 Å². The molecular formula is C60H64F2I3N13O16. The number of hydrogen-bond acceptors (Lipinski definition) is 23. The van der Waals surface area contributed by atoms with E-state index in [0.29, 0.717) is 145 Å². The summed E-state index contributed by atoms with van der Waals surface area (Å²) in [5.41, 5.74) is 9.58. The van der Waals surface area contributed by atoms with Gasteiger partial charge in [0.25, 0.3) is 5.91 Å². The predicted octanol–water partition coefficient (Wildman–Crippen LogP) is 5.71. The lowest BCUT2D eigenvalue weighted by Crippen LogP contribution is -2.29. The van der Waals surface area contributed by atoms with Crippen molar-refractivity contribution in [3.8, 4) is 17.2 Å². The molecule has 3 fully saturated rings. The van der Waals surface area contributed by atoms with Crippen LogP contribution in [-0.4, -0.2) is 169 Å². The fourth-order valence-corrected chi connectivity index (χ4v) is 10.8. The average molecular weight is 1640 g/mol. The maximum absolute atomic E-state index is 14.3. The zero-order chi connectivity index (χ0) is 67.3. The number of aliphatic hydroxyl groups excluding tert-OH is 1. The molecule has 5 N–H and O–H groups in total. The van der Waals surface area contributed by atoms with Crippen LogP contribution in [0.2, 0.25) is 0 Å². The molecule has 13 heterocycles. The van der Waals surface area contributed by atoms with Gasteiger partial charge in [0, 0.05) is 51.3 Å². The Bertz CT molecular complexity index is 3730. The highest BCUT2D eigenvalue weighted by atomic mass is 127. The van der Waals surface area contributed by atoms with Crippen LogP contribution in [0.4, 0.5) is 57.8 Å². The monoisotopic (exact) mass is 1640 g/mol. The van der Waals surface area contributed by atoms with Gasteiger partial charge in [-0.15, -0.1) is 0 Å². The van der Waals surface area contributed by atoms with E-state index in [0.717, 1.165) is 18.6 Å². The van der Waals surface area contributed by atoms with E-state index in [4.69, 9.17) is 39.3 Å². The lowest BCUT2D eigenvalue weighted by Gasteiger charge is -2.19. The Labute approximate surface area is 577 Å². The summed E-state index contributed by atoms with van der Waals surface area (Å²) >= 11 is 6.95. The fourth-order valence-electron chi connectivity index (χ4n) is 10.8. The summed E-state index contributed by atoms with van der Waals surface area (Å²) in [5.74, 6) is 1.69. The molecule has 34 heteroatoms. The highest BCUT2D eigenvalue weighted by molar-refractivity contribution is 14.3. The third-order valence-corrected chi connectivity index (χ3v) is 15.3. The van der Waals surface area contributed by atoms with Crippen molar-refractivity contribution in [2.24, 2.45) is 5.73 Å². The highest BCUT2D eigenvalue weighted by Gasteiger charge is 2.38. The van der Waals surface area contributed by atoms with Gasteiger partial charge in [0.2, 0.25) is 11.8 Å². The molecular weight excluding hydrogens is 1580 g/mol. The number of aromatic nitrogens is 5. The van der Waals surface area contributed by atoms with Crippen LogP contribution in [0.25, 0.3) is 0 Å². The molecule has 5 aromatic heterocycles. The van der Waals surface area contributed by atoms with Gasteiger partial charge in [0.15, 0.2) is 29.7 Å². The Morgan fingerprint density at radius 3 is 1.56 bits per heavy atom. The van der Waals surface area contributed by atoms with Crippen LogP contribution in [0.1, 0.15) is 72.4 Å². The normalized spacial score (nSPS) is 18.8. The molecule has 0 bridgehead atoms. The summed E-state index contributed by atoms with van der Waals surface area (Å²) in [6.45, 7) is 2.14. The third kappa shape index (κ3) is 17.6. The van der Waals surface area contributed by atoms with Gasteiger partial charge in [-0.25, -0.2) is 38.1 Å². The summed E-state index contributed by atoms with van der Waals surface area (Å²) in [6.07, 6.45) is 4.98. The first-order valence-electron chi connectivity index (χ1n) is 29.5. The second kappa shape index (κ2) is 32.6. The molecule has 8 aliphatic rings. The predicted molar refractivity (Wildman–Crippen MR) is 357 cm³/mol. The zero-order valence-electron chi connectivity index (χ0n) is 50.7. The minimum absolute atomic E-state index is 0.0306. The number of alkyl halides is 3. The van der Waals surface area contributed by atoms with E-state index >= 15 is 0 Å². The number of hydrogen-bond donors (Lipinski definition) is 4. The molecule has 13 rings (SSSR count). The number of nitrogens with zero attached hydrogens (tertiary/aromatic N) is 10. The molecule has 5 aromatic rings. The summed E-state index contributed by atoms with van der Waals surface area (Å²) in [7, 11) is 3.23. The number of ether oxygens (including phenoxy) is 6. The lowest BCUT2D eigenvalue weighted by molar-refractivity contribution is -0.122. The number of ketones is 2. The van der Waals surface area contributed by atoms with E-state index < -0.39 is 29.9 Å². The van der Waals surface area contributed by atoms with E-state index in [1.807, 2.05) is 0 Å². The van der Waals surface area contributed by atoms with Gasteiger partial charge < -0.3 is 64.5 Å². The Morgan fingerprint density at radius 2 is 1.07 bits per heavy atom. The second-order valence-corrected chi connectivity index (χ2v) is 32.7. The van der Waals surface area contributed by atoms with E-state index in [-0.39, 0.29) is 119 Å². The average Bonchev–Trinajstić information content (AvgIpc) is 1.65. The molecule has 0 aliphatic carbocycles. The molecule has 3 saturated heterocycles. The standard InChI is InChI=1S/C22H23FN6O5.C14H16N2O5.C14H14N2O5.C9H10FN3O.CHI3/c1-28-19(31)7-15-20(28)13(14(23)9-25-15)8-24-6-2-3-12-10-29(22(32)34-12)17-5-4-16-21(26-17)27-18(30)11-33-16;2*17-5-1-2-10-7-16(14(19)21-10)13-4-3-12-11(15-13)6-9(18)8-20-12;1-13-8(14)2-7-9(13)5(3-11)6(10)4-12-7;2-1(3)4/h4-5,9,12,24H,2-3,6-8,10-11H2,1H3,(H,26,27,30);3-4,10,17H,1-2,5-8H2;3-5,10H,1-2,6-8H2;4H,2-3,11H2,1H3;1H. The molecule has 0 spiro atoms. The first-order chi connectivity index (χ1) is 45.1. The number of Topliss-reactive ketones (excluding diaryl/α,β-unsaturated/α-hetero) is 2. The number of aldehydes is 1. The van der Waals surface area contributed by atoms with Gasteiger partial charge >= 0.3 is 18.3 Å². The summed E-state index contributed by atoms with van der Waals surface area (Å²) < 4.78 is 60.1. The van der Waals surface area contributed by atoms with E-state index in [1.54, 1.807) is 50.5 Å². The summed E-state index contributed by atoms with van der Waals surface area (Å²) in [5, 5.41) is 14.6. The number of fused-ring (bicyclic) bond motifs is 5. The van der Waals surface area contributed by atoms with E-state index in [1.165, 1.54) is 24.5 Å². The second-order valence-electron chi connectivity index (χ2n) is 21.8. The van der Waals surface area contributed by atoms with Gasteiger partial charge in [0.1, 0.15) is 78.3 Å². The summed E-state index contributed by atoms with van der Waals surface area (Å²) in [6, 6.07) is 10.1. The van der Waals surface area contributed by atoms with Crippen LogP contribution in [0.3, 0.4) is 0 Å². The topological polar surface area (TPSA) is 360 Å². The quantitative estimate of drug-likeness (QED) is 0.0302. The minimum atomic E-state index is -0.504. The van der Waals surface area contributed by atoms with Crippen molar-refractivity contribution in [3.05, 3.63) is 94.3 Å². The number of carbonyl (C=O) groups is 9. The number of carbonyl (C=O) groups excluding carboxylic acids is 9. The maximum Gasteiger partial charge on any atom is 0.415 e. The smallest absolute Gasteiger partial charge is 0.415 e. The van der Waals surface area contributed by atoms with Crippen LogP contribution in [0.15, 0.2) is 48.8 Å². The number of nitrogens with two attached hydrogens (primary N) is 1. The van der Waals surface area contributed by atoms with Crippen molar-refractivity contribution < 1.29 is 85.5 Å². The van der Waals surface area contributed by atoms with Crippen molar-refractivity contribution in [2.75, 3.05) is 96.5 Å². The van der Waals surface area contributed by atoms with Gasteiger partial charge in [-0.05, 0) is 75.0 Å². The number of aliphatic hydroxyl groups is 1. The largest absolute Gasteiger partial charge is 0.484 e. The number of cyclic esters (lactones) is 3. The van der Waals surface area contributed by atoms with Crippen molar-refractivity contribution in [1.29, 1.82) is 0 Å². The number of nitrogens with one attached hydrogen (secondary N) is 2. The maximum atomic E-state index is 14.3. The SMILES string of the molecule is CN1C(=O)Cc2ncc(F)c(CN)c21.CN1C(=O)Cc2ncc(F)c(CNCCCC3CN(c4ccc5c(n4)NC(=O)CO5)C(=O)O3)c21.IC(I)I.O=C1COc2ccc(N3CC(CCCO)OC3=O)nc2C1.O=CCCC1CN(c2ccc3c(n2)CC(=O)CO3)C(=O)O1. The molecule has 500 valence electrons. The molecule has 0 radical (unpaired) electrons. The molecule has 8 aliphatic heterocycles. The van der Waals surface area contributed by atoms with Crippen molar-refractivity contribution in [1.82, 2.24) is 30.2 Å². The molecule has 0 saturated carbocycles. The Balaban J connectivity index is 0.000000151. The van der Waals surface area contributed by atoms with Crippen LogP contribution in [0, 0.1) is 11.6 Å². The molecule has 94 heavy (non-hydrogen) atoms. The van der Waals surface area contributed by atoms with Crippen LogP contribution in [0.5, 0.6) is 17.2 Å². The third-order valence-electron chi connectivity index (χ3n) is 15.3. The lowest BCUT2D eigenvalue weighted by atomic mass is 10.1. The number of likely N-dealkylation sites (N-methyl/N-ethyl adjacent to an activating group) is 2. The number of pyridine rings is 5. The molecule has 3 atom stereocenters. The molecule has 6 amide bonds. The summed E-state index contributed by atoms with van der Waals surface area (Å²) in [4.78, 5) is 132. The van der Waals surface area contributed by atoms with Crippen molar-refractivity contribution in [3.63, 3.8) is 0 Å². The van der Waals surface area contributed by atoms with Gasteiger partial charge in [-0.2, -0.15) is 0 Å². The first kappa shape index (κ1) is 70.6.